The lowest BCUT2D eigenvalue weighted by molar-refractivity contribution is -0.124. The average Bonchev–Trinajstić information content (AvgIpc) is 2.37. The molecule has 3 atom stereocenters. The molecule has 1 rings (SSSR count). The normalized spacial score (nSPS) is 21.1. The summed E-state index contributed by atoms with van der Waals surface area (Å²) in [4.78, 5) is 14.4. The Morgan fingerprint density at radius 1 is 1.26 bits per heavy atom. The number of amides is 1. The molecule has 3 unspecified atom stereocenters. The molecule has 1 aliphatic rings. The molecule has 1 heterocycles. The molecule has 1 aliphatic heterocycles. The monoisotopic (exact) mass is 291 g/mol. The van der Waals surface area contributed by atoms with E-state index in [1.807, 2.05) is 6.92 Å². The van der Waals surface area contributed by atoms with E-state index in [0.29, 0.717) is 0 Å². The van der Waals surface area contributed by atoms with Gasteiger partial charge < -0.3 is 16.0 Å². The largest absolute Gasteiger partial charge is 0.351 e. The fourth-order valence-electron chi connectivity index (χ4n) is 2.43. The van der Waals surface area contributed by atoms with Crippen molar-refractivity contribution in [2.45, 2.75) is 58.5 Å². The number of halogens is 1. The lowest BCUT2D eigenvalue weighted by Crippen LogP contribution is -2.50. The zero-order chi connectivity index (χ0) is 13.5. The first-order chi connectivity index (χ1) is 8.54. The smallest absolute Gasteiger partial charge is 0.237 e. The standard InChI is InChI=1S/C14H29N3O.ClH/c1-4-11(2)13(15)14(18)16-12(3)10-17-8-6-5-7-9-17;/h11-13H,4-10,15H2,1-3H3,(H,16,18);1H. The van der Waals surface area contributed by atoms with E-state index in [9.17, 15) is 4.79 Å². The van der Waals surface area contributed by atoms with Crippen molar-refractivity contribution in [3.63, 3.8) is 0 Å². The van der Waals surface area contributed by atoms with Gasteiger partial charge in [-0.2, -0.15) is 0 Å². The first kappa shape index (κ1) is 18.7. The second-order valence-electron chi connectivity index (χ2n) is 5.68. The fourth-order valence-corrected chi connectivity index (χ4v) is 2.43. The zero-order valence-electron chi connectivity index (χ0n) is 12.5. The number of nitrogens with two attached hydrogens (primary N) is 1. The molecular weight excluding hydrogens is 262 g/mol. The molecule has 0 aromatic carbocycles. The summed E-state index contributed by atoms with van der Waals surface area (Å²) in [6, 6.07) is -0.190. The summed E-state index contributed by atoms with van der Waals surface area (Å²) in [5, 5.41) is 3.04. The second-order valence-corrected chi connectivity index (χ2v) is 5.68. The first-order valence-electron chi connectivity index (χ1n) is 7.33. The summed E-state index contributed by atoms with van der Waals surface area (Å²) in [5.74, 6) is 0.237. The third-order valence-electron chi connectivity index (χ3n) is 3.93. The number of likely N-dealkylation sites (tertiary alicyclic amines) is 1. The lowest BCUT2D eigenvalue weighted by atomic mass is 9.99. The number of hydrogen-bond donors (Lipinski definition) is 2. The van der Waals surface area contributed by atoms with Gasteiger partial charge in [-0.15, -0.1) is 12.4 Å². The minimum absolute atomic E-state index is 0. The van der Waals surface area contributed by atoms with Crippen LogP contribution in [-0.2, 0) is 4.79 Å². The van der Waals surface area contributed by atoms with E-state index in [0.717, 1.165) is 26.1 Å². The van der Waals surface area contributed by atoms with Gasteiger partial charge >= 0.3 is 0 Å². The Hall–Kier alpha value is -0.320. The first-order valence-corrected chi connectivity index (χ1v) is 7.33. The van der Waals surface area contributed by atoms with Crippen LogP contribution in [0.2, 0.25) is 0 Å². The predicted molar refractivity (Wildman–Crippen MR) is 82.6 cm³/mol. The van der Waals surface area contributed by atoms with E-state index in [2.05, 4.69) is 24.1 Å². The maximum absolute atomic E-state index is 11.9. The van der Waals surface area contributed by atoms with Gasteiger partial charge in [0.25, 0.3) is 0 Å². The highest BCUT2D eigenvalue weighted by atomic mass is 35.5. The highest BCUT2D eigenvalue weighted by Gasteiger charge is 2.21. The average molecular weight is 292 g/mol. The molecule has 0 aromatic heterocycles. The van der Waals surface area contributed by atoms with E-state index in [1.165, 1.54) is 19.3 Å². The van der Waals surface area contributed by atoms with Gasteiger partial charge in [0, 0.05) is 12.6 Å². The molecular formula is C14H30ClN3O. The van der Waals surface area contributed by atoms with Crippen molar-refractivity contribution < 1.29 is 4.79 Å². The number of carbonyl (C=O) groups excluding carboxylic acids is 1. The minimum Gasteiger partial charge on any atom is -0.351 e. The number of carbonyl (C=O) groups is 1. The maximum atomic E-state index is 11.9. The molecule has 0 saturated carbocycles. The Morgan fingerprint density at radius 2 is 1.84 bits per heavy atom. The van der Waals surface area contributed by atoms with Crippen molar-refractivity contribution in [3.8, 4) is 0 Å². The molecule has 1 fully saturated rings. The van der Waals surface area contributed by atoms with Gasteiger partial charge in [0.1, 0.15) is 0 Å². The van der Waals surface area contributed by atoms with Crippen LogP contribution in [0, 0.1) is 5.92 Å². The topological polar surface area (TPSA) is 58.4 Å². The van der Waals surface area contributed by atoms with E-state index in [-0.39, 0.29) is 36.3 Å². The van der Waals surface area contributed by atoms with Crippen LogP contribution in [0.4, 0.5) is 0 Å². The van der Waals surface area contributed by atoms with Crippen LogP contribution in [-0.4, -0.2) is 42.5 Å². The number of nitrogens with zero attached hydrogens (tertiary/aromatic N) is 1. The van der Waals surface area contributed by atoms with Gasteiger partial charge in [0.2, 0.25) is 5.91 Å². The third kappa shape index (κ3) is 6.59. The van der Waals surface area contributed by atoms with Gasteiger partial charge in [-0.3, -0.25) is 4.79 Å². The van der Waals surface area contributed by atoms with Crippen molar-refractivity contribution in [1.29, 1.82) is 0 Å². The van der Waals surface area contributed by atoms with Gasteiger partial charge in [-0.1, -0.05) is 26.7 Å². The molecule has 3 N–H and O–H groups in total. The van der Waals surface area contributed by atoms with Gasteiger partial charge in [-0.05, 0) is 38.8 Å². The summed E-state index contributed by atoms with van der Waals surface area (Å²) in [6.45, 7) is 9.43. The fraction of sp³-hybridized carbons (Fsp3) is 0.929. The van der Waals surface area contributed by atoms with Crippen LogP contribution in [0.25, 0.3) is 0 Å². The van der Waals surface area contributed by atoms with Crippen LogP contribution in [0.5, 0.6) is 0 Å². The molecule has 0 aliphatic carbocycles. The van der Waals surface area contributed by atoms with E-state index < -0.39 is 0 Å². The van der Waals surface area contributed by atoms with Crippen LogP contribution in [0.3, 0.4) is 0 Å². The number of piperidine rings is 1. The lowest BCUT2D eigenvalue weighted by Gasteiger charge is -2.30. The minimum atomic E-state index is -0.376. The van der Waals surface area contributed by atoms with Crippen molar-refractivity contribution >= 4 is 18.3 Å². The Labute approximate surface area is 123 Å². The Bertz CT molecular complexity index is 257. The molecule has 0 spiro atoms. The van der Waals surface area contributed by atoms with Crippen LogP contribution in [0.1, 0.15) is 46.5 Å². The second kappa shape index (κ2) is 9.56. The van der Waals surface area contributed by atoms with E-state index >= 15 is 0 Å². The summed E-state index contributed by atoms with van der Waals surface area (Å²) >= 11 is 0. The quantitative estimate of drug-likeness (QED) is 0.784. The summed E-state index contributed by atoms with van der Waals surface area (Å²) in [5.41, 5.74) is 5.93. The van der Waals surface area contributed by atoms with Crippen molar-refractivity contribution in [1.82, 2.24) is 10.2 Å². The van der Waals surface area contributed by atoms with Gasteiger partial charge in [-0.25, -0.2) is 0 Å². The number of hydrogen-bond acceptors (Lipinski definition) is 3. The van der Waals surface area contributed by atoms with Gasteiger partial charge in [0.15, 0.2) is 0 Å². The van der Waals surface area contributed by atoms with Gasteiger partial charge in [0.05, 0.1) is 6.04 Å². The molecule has 1 amide bonds. The predicted octanol–water partition coefficient (Wildman–Crippen LogP) is 1.77. The molecule has 0 aromatic rings. The summed E-state index contributed by atoms with van der Waals surface area (Å²) in [6.07, 6.45) is 4.85. The molecule has 1 saturated heterocycles. The number of rotatable bonds is 6. The van der Waals surface area contributed by atoms with Crippen LogP contribution >= 0.6 is 12.4 Å². The van der Waals surface area contributed by atoms with Crippen LogP contribution in [0.15, 0.2) is 0 Å². The maximum Gasteiger partial charge on any atom is 0.237 e. The highest BCUT2D eigenvalue weighted by molar-refractivity contribution is 5.85. The van der Waals surface area contributed by atoms with Crippen molar-refractivity contribution in [2.75, 3.05) is 19.6 Å². The van der Waals surface area contributed by atoms with E-state index in [4.69, 9.17) is 5.73 Å². The number of nitrogens with one attached hydrogen (secondary N) is 1. The molecule has 19 heavy (non-hydrogen) atoms. The SMILES string of the molecule is CCC(C)C(N)C(=O)NC(C)CN1CCCCC1.Cl. The highest BCUT2D eigenvalue weighted by Crippen LogP contribution is 2.09. The van der Waals surface area contributed by atoms with E-state index in [1.54, 1.807) is 0 Å². The Kier molecular flexibility index (Phi) is 9.40. The summed E-state index contributed by atoms with van der Waals surface area (Å²) in [7, 11) is 0. The Morgan fingerprint density at radius 3 is 2.37 bits per heavy atom. The molecule has 0 radical (unpaired) electrons. The molecule has 114 valence electrons. The van der Waals surface area contributed by atoms with Crippen LogP contribution < -0.4 is 11.1 Å². The molecule has 5 heteroatoms. The van der Waals surface area contributed by atoms with Crippen molar-refractivity contribution in [3.05, 3.63) is 0 Å². The van der Waals surface area contributed by atoms with Crippen molar-refractivity contribution in [2.24, 2.45) is 11.7 Å². The molecule has 0 bridgehead atoms. The summed E-state index contributed by atoms with van der Waals surface area (Å²) < 4.78 is 0. The Balaban J connectivity index is 0.00000324. The zero-order valence-corrected chi connectivity index (χ0v) is 13.3. The molecule has 4 nitrogen and oxygen atoms in total. The third-order valence-corrected chi connectivity index (χ3v) is 3.93.